The molecule has 0 aliphatic carbocycles. The molecule has 12 heavy (non-hydrogen) atoms. The van der Waals surface area contributed by atoms with Crippen LogP contribution in [0.3, 0.4) is 0 Å². The maximum atomic E-state index is 12.1. The lowest BCUT2D eigenvalue weighted by molar-refractivity contribution is -0.251. The molecule has 0 saturated heterocycles. The minimum Gasteiger partial charge on any atom is -0.434 e. The molecule has 0 aromatic carbocycles. The van der Waals surface area contributed by atoms with Crippen molar-refractivity contribution in [2.45, 2.75) is 32.0 Å². The van der Waals surface area contributed by atoms with Crippen molar-refractivity contribution in [2.24, 2.45) is 5.73 Å². The number of rotatable bonds is 2. The Morgan fingerprint density at radius 2 is 1.92 bits per heavy atom. The predicted molar refractivity (Wildman–Crippen MR) is 35.4 cm³/mol. The van der Waals surface area contributed by atoms with Crippen LogP contribution in [0, 0.1) is 0 Å². The number of alkyl halides is 3. The van der Waals surface area contributed by atoms with E-state index >= 15 is 0 Å². The standard InChI is InChI=1S/C6H10F3NO2/c1-3-5(2,6(7,8)9)12-4(10)11/h3H2,1-2H3,(H2,10,11). The molecule has 3 nitrogen and oxygen atoms in total. The maximum Gasteiger partial charge on any atom is 0.428 e. The van der Waals surface area contributed by atoms with Gasteiger partial charge in [0.15, 0.2) is 0 Å². The summed E-state index contributed by atoms with van der Waals surface area (Å²) in [6.07, 6.45) is -6.37. The molecular formula is C6H10F3NO2. The fraction of sp³-hybridized carbons (Fsp3) is 0.833. The number of hydrogen-bond acceptors (Lipinski definition) is 2. The molecule has 1 atom stereocenters. The van der Waals surface area contributed by atoms with E-state index < -0.39 is 17.9 Å². The van der Waals surface area contributed by atoms with Crippen molar-refractivity contribution in [3.8, 4) is 0 Å². The second kappa shape index (κ2) is 3.20. The zero-order chi connectivity index (χ0) is 9.99. The smallest absolute Gasteiger partial charge is 0.428 e. The van der Waals surface area contributed by atoms with Crippen LogP contribution in [0.2, 0.25) is 0 Å². The van der Waals surface area contributed by atoms with Gasteiger partial charge in [0.2, 0.25) is 5.60 Å². The number of amides is 1. The molecule has 0 fully saturated rings. The minimum atomic E-state index is -4.59. The number of carbonyl (C=O) groups is 1. The number of ether oxygens (including phenoxy) is 1. The first-order valence-corrected chi connectivity index (χ1v) is 3.28. The molecule has 0 aromatic heterocycles. The van der Waals surface area contributed by atoms with Crippen molar-refractivity contribution in [2.75, 3.05) is 0 Å². The van der Waals surface area contributed by atoms with Crippen LogP contribution in [0.15, 0.2) is 0 Å². The highest BCUT2D eigenvalue weighted by atomic mass is 19.4. The van der Waals surface area contributed by atoms with Crippen LogP contribution in [0.1, 0.15) is 20.3 Å². The Balaban J connectivity index is 4.56. The Kier molecular flexibility index (Phi) is 2.95. The van der Waals surface area contributed by atoms with Gasteiger partial charge in [0, 0.05) is 0 Å². The summed E-state index contributed by atoms with van der Waals surface area (Å²) in [4.78, 5) is 10.1. The van der Waals surface area contributed by atoms with Crippen molar-refractivity contribution in [3.63, 3.8) is 0 Å². The van der Waals surface area contributed by atoms with E-state index in [0.717, 1.165) is 6.92 Å². The molecule has 1 unspecified atom stereocenters. The molecule has 1 amide bonds. The lowest BCUT2D eigenvalue weighted by atomic mass is 10.0. The van der Waals surface area contributed by atoms with E-state index in [9.17, 15) is 18.0 Å². The summed E-state index contributed by atoms with van der Waals surface area (Å²) in [6, 6.07) is 0. The molecule has 72 valence electrons. The van der Waals surface area contributed by atoms with E-state index in [-0.39, 0.29) is 6.42 Å². The lowest BCUT2D eigenvalue weighted by Crippen LogP contribution is -2.46. The number of halogens is 3. The van der Waals surface area contributed by atoms with Crippen molar-refractivity contribution in [1.29, 1.82) is 0 Å². The highest BCUT2D eigenvalue weighted by molar-refractivity contribution is 5.65. The highest BCUT2D eigenvalue weighted by Crippen LogP contribution is 2.35. The molecule has 2 N–H and O–H groups in total. The lowest BCUT2D eigenvalue weighted by Gasteiger charge is -2.29. The van der Waals surface area contributed by atoms with E-state index in [1.807, 2.05) is 0 Å². The van der Waals surface area contributed by atoms with Gasteiger partial charge >= 0.3 is 12.3 Å². The van der Waals surface area contributed by atoms with Gasteiger partial charge in [-0.3, -0.25) is 0 Å². The number of primary amides is 1. The molecule has 0 aliphatic rings. The van der Waals surface area contributed by atoms with E-state index in [4.69, 9.17) is 0 Å². The van der Waals surface area contributed by atoms with Gasteiger partial charge in [-0.15, -0.1) is 0 Å². The molecule has 0 rings (SSSR count). The van der Waals surface area contributed by atoms with Crippen molar-refractivity contribution < 1.29 is 22.7 Å². The van der Waals surface area contributed by atoms with E-state index in [1.54, 1.807) is 0 Å². The fourth-order valence-corrected chi connectivity index (χ4v) is 0.552. The summed E-state index contributed by atoms with van der Waals surface area (Å²) in [7, 11) is 0. The van der Waals surface area contributed by atoms with Gasteiger partial charge in [-0.25, -0.2) is 4.79 Å². The Morgan fingerprint density at radius 3 is 2.00 bits per heavy atom. The van der Waals surface area contributed by atoms with Gasteiger partial charge < -0.3 is 10.5 Å². The Labute approximate surface area is 67.7 Å². The van der Waals surface area contributed by atoms with Crippen LogP contribution in [0.5, 0.6) is 0 Å². The average molecular weight is 185 g/mol. The van der Waals surface area contributed by atoms with Gasteiger partial charge in [-0.1, -0.05) is 6.92 Å². The number of nitrogens with two attached hydrogens (primary N) is 1. The molecule has 6 heteroatoms. The third kappa shape index (κ3) is 2.28. The Bertz CT molecular complexity index is 180. The van der Waals surface area contributed by atoms with Crippen molar-refractivity contribution in [3.05, 3.63) is 0 Å². The Morgan fingerprint density at radius 1 is 1.50 bits per heavy atom. The first kappa shape index (κ1) is 11.1. The molecule has 0 aliphatic heterocycles. The second-order valence-corrected chi connectivity index (χ2v) is 2.50. The number of carbonyl (C=O) groups excluding carboxylic acids is 1. The summed E-state index contributed by atoms with van der Waals surface area (Å²) in [5, 5.41) is 0. The third-order valence-electron chi connectivity index (χ3n) is 1.60. The summed E-state index contributed by atoms with van der Waals surface area (Å²) < 4.78 is 40.4. The van der Waals surface area contributed by atoms with Crippen LogP contribution in [-0.2, 0) is 4.74 Å². The minimum absolute atomic E-state index is 0.362. The van der Waals surface area contributed by atoms with Crippen LogP contribution in [0.4, 0.5) is 18.0 Å². The molecule has 0 bridgehead atoms. The normalized spacial score (nSPS) is 16.8. The van der Waals surface area contributed by atoms with Gasteiger partial charge in [-0.2, -0.15) is 13.2 Å². The van der Waals surface area contributed by atoms with Gasteiger partial charge in [0.25, 0.3) is 0 Å². The molecule has 0 radical (unpaired) electrons. The topological polar surface area (TPSA) is 52.3 Å². The zero-order valence-electron chi connectivity index (χ0n) is 6.73. The van der Waals surface area contributed by atoms with Gasteiger partial charge in [0.05, 0.1) is 0 Å². The second-order valence-electron chi connectivity index (χ2n) is 2.50. The predicted octanol–water partition coefficient (Wildman–Crippen LogP) is 1.81. The molecule has 0 aromatic rings. The van der Waals surface area contributed by atoms with Crippen LogP contribution in [-0.4, -0.2) is 17.9 Å². The average Bonchev–Trinajstić information content (AvgIpc) is 1.83. The summed E-state index contributed by atoms with van der Waals surface area (Å²) in [5.41, 5.74) is 2.02. The first-order chi connectivity index (χ1) is 5.23. The summed E-state index contributed by atoms with van der Waals surface area (Å²) in [6.45, 7) is 2.04. The molecule has 0 saturated carbocycles. The SMILES string of the molecule is CCC(C)(OC(N)=O)C(F)(F)F. The van der Waals surface area contributed by atoms with E-state index in [1.165, 1.54) is 6.92 Å². The Hall–Kier alpha value is -0.940. The number of hydrogen-bond donors (Lipinski definition) is 1. The molecule has 0 spiro atoms. The van der Waals surface area contributed by atoms with Gasteiger partial charge in [-0.05, 0) is 13.3 Å². The maximum absolute atomic E-state index is 12.1. The highest BCUT2D eigenvalue weighted by Gasteiger charge is 2.53. The van der Waals surface area contributed by atoms with Crippen LogP contribution in [0.25, 0.3) is 0 Å². The first-order valence-electron chi connectivity index (χ1n) is 3.28. The fourth-order valence-electron chi connectivity index (χ4n) is 0.552. The van der Waals surface area contributed by atoms with Crippen molar-refractivity contribution >= 4 is 6.09 Å². The van der Waals surface area contributed by atoms with E-state index in [2.05, 4.69) is 10.5 Å². The molecular weight excluding hydrogens is 175 g/mol. The summed E-state index contributed by atoms with van der Waals surface area (Å²) in [5.74, 6) is 0. The van der Waals surface area contributed by atoms with Crippen LogP contribution >= 0.6 is 0 Å². The van der Waals surface area contributed by atoms with Gasteiger partial charge in [0.1, 0.15) is 0 Å². The van der Waals surface area contributed by atoms with E-state index in [0.29, 0.717) is 0 Å². The quantitative estimate of drug-likeness (QED) is 0.713. The summed E-state index contributed by atoms with van der Waals surface area (Å²) >= 11 is 0. The third-order valence-corrected chi connectivity index (χ3v) is 1.60. The van der Waals surface area contributed by atoms with Crippen molar-refractivity contribution in [1.82, 2.24) is 0 Å². The van der Waals surface area contributed by atoms with Crippen LogP contribution < -0.4 is 5.73 Å². The monoisotopic (exact) mass is 185 g/mol. The zero-order valence-corrected chi connectivity index (χ0v) is 6.73. The largest absolute Gasteiger partial charge is 0.434 e. The molecule has 0 heterocycles.